The van der Waals surface area contributed by atoms with E-state index in [0.29, 0.717) is 30.2 Å². The summed E-state index contributed by atoms with van der Waals surface area (Å²) in [6.07, 6.45) is -0.244. The fraction of sp³-hybridized carbons (Fsp3) is 0.462. The maximum Gasteiger partial charge on any atom is 0.414 e. The van der Waals surface area contributed by atoms with Gasteiger partial charge in [-0.15, -0.1) is 0 Å². The van der Waals surface area contributed by atoms with Crippen molar-refractivity contribution in [2.24, 2.45) is 0 Å². The highest BCUT2D eigenvalue weighted by Crippen LogP contribution is 2.33. The zero-order chi connectivity index (χ0) is 13.8. The summed E-state index contributed by atoms with van der Waals surface area (Å²) in [6, 6.07) is 5.23. The first kappa shape index (κ1) is 13.5. The van der Waals surface area contributed by atoms with Gasteiger partial charge in [0, 0.05) is 19.1 Å². The highest BCUT2D eigenvalue weighted by atomic mass is 16.6. The van der Waals surface area contributed by atoms with Crippen LogP contribution in [0.2, 0.25) is 0 Å². The Morgan fingerprint density at radius 3 is 2.74 bits per heavy atom. The number of aliphatic hydroxyl groups is 1. The second-order valence-corrected chi connectivity index (χ2v) is 4.17. The van der Waals surface area contributed by atoms with Gasteiger partial charge in [-0.2, -0.15) is 0 Å². The quantitative estimate of drug-likeness (QED) is 0.873. The Morgan fingerprint density at radius 2 is 2.11 bits per heavy atom. The molecule has 1 aliphatic rings. The average molecular weight is 267 g/mol. The van der Waals surface area contributed by atoms with Crippen LogP contribution in [0.4, 0.5) is 10.5 Å². The zero-order valence-corrected chi connectivity index (χ0v) is 11.0. The van der Waals surface area contributed by atoms with Gasteiger partial charge >= 0.3 is 6.09 Å². The molecule has 6 heteroatoms. The lowest BCUT2D eigenvalue weighted by atomic mass is 10.2. The highest BCUT2D eigenvalue weighted by Gasteiger charge is 2.32. The number of carbonyl (C=O) groups excluding carboxylic acids is 1. The third kappa shape index (κ3) is 2.73. The Kier molecular flexibility index (Phi) is 4.11. The lowest BCUT2D eigenvalue weighted by Crippen LogP contribution is -2.24. The Hall–Kier alpha value is -1.95. The third-order valence-corrected chi connectivity index (χ3v) is 3.00. The van der Waals surface area contributed by atoms with E-state index in [0.717, 1.165) is 0 Å². The van der Waals surface area contributed by atoms with Crippen molar-refractivity contribution in [3.05, 3.63) is 18.2 Å². The number of nitrogens with zero attached hydrogens (tertiary/aromatic N) is 1. The Bertz CT molecular complexity index is 462. The monoisotopic (exact) mass is 267 g/mol. The van der Waals surface area contributed by atoms with E-state index in [1.807, 2.05) is 0 Å². The normalized spacial score (nSPS) is 18.4. The van der Waals surface area contributed by atoms with Crippen molar-refractivity contribution >= 4 is 11.8 Å². The van der Waals surface area contributed by atoms with Gasteiger partial charge in [0.15, 0.2) is 11.5 Å². The predicted octanol–water partition coefficient (Wildman–Crippen LogP) is 1.41. The van der Waals surface area contributed by atoms with Crippen LogP contribution in [0, 0.1) is 0 Å². The summed E-state index contributed by atoms with van der Waals surface area (Å²) in [7, 11) is 3.09. The average Bonchev–Trinajstić information content (AvgIpc) is 2.79. The number of amides is 1. The van der Waals surface area contributed by atoms with Gasteiger partial charge in [0.1, 0.15) is 6.10 Å². The van der Waals surface area contributed by atoms with E-state index in [1.165, 1.54) is 4.90 Å². The number of carbonyl (C=O) groups is 1. The van der Waals surface area contributed by atoms with E-state index in [2.05, 4.69) is 0 Å². The van der Waals surface area contributed by atoms with Gasteiger partial charge in [0.2, 0.25) is 0 Å². The first-order chi connectivity index (χ1) is 9.19. The van der Waals surface area contributed by atoms with Crippen LogP contribution in [-0.2, 0) is 4.74 Å². The predicted molar refractivity (Wildman–Crippen MR) is 68.9 cm³/mol. The molecule has 0 aromatic heterocycles. The van der Waals surface area contributed by atoms with E-state index in [1.54, 1.807) is 32.4 Å². The summed E-state index contributed by atoms with van der Waals surface area (Å²) in [5.74, 6) is 1.16. The minimum absolute atomic E-state index is 0.00226. The van der Waals surface area contributed by atoms with Crippen molar-refractivity contribution in [2.75, 3.05) is 32.3 Å². The second kappa shape index (κ2) is 5.79. The molecule has 104 valence electrons. The van der Waals surface area contributed by atoms with Crippen LogP contribution in [0.3, 0.4) is 0 Å². The Balaban J connectivity index is 2.20. The number of hydrogen-bond acceptors (Lipinski definition) is 5. The molecule has 1 saturated heterocycles. The lowest BCUT2D eigenvalue weighted by Gasteiger charge is -2.15. The molecule has 1 heterocycles. The number of methoxy groups -OCH3 is 2. The van der Waals surface area contributed by atoms with Crippen molar-refractivity contribution in [3.63, 3.8) is 0 Å². The lowest BCUT2D eigenvalue weighted by molar-refractivity contribution is 0.122. The van der Waals surface area contributed by atoms with E-state index in [-0.39, 0.29) is 12.7 Å². The molecule has 1 amide bonds. The molecule has 0 bridgehead atoms. The minimum Gasteiger partial charge on any atom is -0.493 e. The number of cyclic esters (lactones) is 1. The Labute approximate surface area is 111 Å². The molecule has 2 rings (SSSR count). The molecule has 1 atom stereocenters. The maximum atomic E-state index is 11.8. The van der Waals surface area contributed by atoms with Gasteiger partial charge < -0.3 is 19.3 Å². The van der Waals surface area contributed by atoms with E-state index in [9.17, 15) is 4.79 Å². The van der Waals surface area contributed by atoms with Gasteiger partial charge in [0.05, 0.1) is 26.5 Å². The molecule has 1 N–H and O–H groups in total. The number of hydrogen-bond donors (Lipinski definition) is 1. The summed E-state index contributed by atoms with van der Waals surface area (Å²) >= 11 is 0. The zero-order valence-electron chi connectivity index (χ0n) is 11.0. The number of benzene rings is 1. The molecule has 1 aromatic rings. The minimum atomic E-state index is -0.411. The largest absolute Gasteiger partial charge is 0.493 e. The molecular weight excluding hydrogens is 250 g/mol. The van der Waals surface area contributed by atoms with Crippen molar-refractivity contribution in [2.45, 2.75) is 12.5 Å². The van der Waals surface area contributed by atoms with Gasteiger partial charge in [-0.3, -0.25) is 4.90 Å². The third-order valence-electron chi connectivity index (χ3n) is 3.00. The Morgan fingerprint density at radius 1 is 1.37 bits per heavy atom. The van der Waals surface area contributed by atoms with Crippen molar-refractivity contribution in [1.82, 2.24) is 0 Å². The first-order valence-electron chi connectivity index (χ1n) is 6.00. The molecule has 1 unspecified atom stereocenters. The SMILES string of the molecule is COc1ccc(N2CC(CCO)OC2=O)cc1OC. The summed E-state index contributed by atoms with van der Waals surface area (Å²) < 4.78 is 15.5. The van der Waals surface area contributed by atoms with Crippen LogP contribution >= 0.6 is 0 Å². The van der Waals surface area contributed by atoms with E-state index in [4.69, 9.17) is 19.3 Å². The molecule has 0 aliphatic carbocycles. The van der Waals surface area contributed by atoms with Crippen molar-refractivity contribution in [3.8, 4) is 11.5 Å². The molecule has 6 nitrogen and oxygen atoms in total. The molecule has 0 saturated carbocycles. The smallest absolute Gasteiger partial charge is 0.414 e. The summed E-state index contributed by atoms with van der Waals surface area (Å²) in [4.78, 5) is 13.3. The number of rotatable bonds is 5. The van der Waals surface area contributed by atoms with Gasteiger partial charge in [-0.05, 0) is 12.1 Å². The topological polar surface area (TPSA) is 68.2 Å². The molecule has 0 radical (unpaired) electrons. The fourth-order valence-electron chi connectivity index (χ4n) is 2.02. The van der Waals surface area contributed by atoms with Gasteiger partial charge in [0.25, 0.3) is 0 Å². The molecule has 1 fully saturated rings. The van der Waals surface area contributed by atoms with Gasteiger partial charge in [-0.1, -0.05) is 0 Å². The molecule has 0 spiro atoms. The molecule has 1 aromatic carbocycles. The molecular formula is C13H17NO5. The van der Waals surface area contributed by atoms with E-state index < -0.39 is 6.09 Å². The fourth-order valence-corrected chi connectivity index (χ4v) is 2.02. The highest BCUT2D eigenvalue weighted by molar-refractivity contribution is 5.90. The number of ether oxygens (including phenoxy) is 3. The van der Waals surface area contributed by atoms with E-state index >= 15 is 0 Å². The summed E-state index contributed by atoms with van der Waals surface area (Å²) in [5, 5.41) is 8.87. The molecule has 19 heavy (non-hydrogen) atoms. The van der Waals surface area contributed by atoms with Crippen LogP contribution < -0.4 is 14.4 Å². The van der Waals surface area contributed by atoms with Gasteiger partial charge in [-0.25, -0.2) is 4.79 Å². The number of aliphatic hydroxyl groups excluding tert-OH is 1. The van der Waals surface area contributed by atoms with Crippen LogP contribution in [0.1, 0.15) is 6.42 Å². The standard InChI is InChI=1S/C13H17NO5/c1-17-11-4-3-9(7-12(11)18-2)14-8-10(5-6-15)19-13(14)16/h3-4,7,10,15H,5-6,8H2,1-2H3. The van der Waals surface area contributed by atoms with Crippen molar-refractivity contribution in [1.29, 1.82) is 0 Å². The van der Waals surface area contributed by atoms with Crippen molar-refractivity contribution < 1.29 is 24.1 Å². The maximum absolute atomic E-state index is 11.8. The van der Waals surface area contributed by atoms with Crippen LogP contribution in [0.5, 0.6) is 11.5 Å². The van der Waals surface area contributed by atoms with Crippen LogP contribution in [-0.4, -0.2) is 44.7 Å². The van der Waals surface area contributed by atoms with Crippen LogP contribution in [0.15, 0.2) is 18.2 Å². The summed E-state index contributed by atoms with van der Waals surface area (Å²) in [6.45, 7) is 0.423. The second-order valence-electron chi connectivity index (χ2n) is 4.17. The summed E-state index contributed by atoms with van der Waals surface area (Å²) in [5.41, 5.74) is 0.683. The van der Waals surface area contributed by atoms with Crippen LogP contribution in [0.25, 0.3) is 0 Å². The number of anilines is 1. The molecule has 1 aliphatic heterocycles. The first-order valence-corrected chi connectivity index (χ1v) is 6.00.